The molecule has 3 atom stereocenters. The van der Waals surface area contributed by atoms with Gasteiger partial charge >= 0.3 is 29.6 Å². The van der Waals surface area contributed by atoms with Gasteiger partial charge < -0.3 is 29.6 Å². The Morgan fingerprint density at radius 3 is 2.48 bits per heavy atom. The Bertz CT molecular complexity index is 859. The van der Waals surface area contributed by atoms with Crippen LogP contribution in [0.4, 0.5) is 0 Å². The number of carbonyl (C=O) groups excluding carboxylic acids is 3. The molecule has 0 unspecified atom stereocenters. The fourth-order valence-corrected chi connectivity index (χ4v) is 5.08. The minimum Gasteiger partial charge on any atom is -0.548 e. The molecule has 1 aromatic rings. The third-order valence-electron chi connectivity index (χ3n) is 4.80. The summed E-state index contributed by atoms with van der Waals surface area (Å²) in [5.41, 5.74) is 0.725. The van der Waals surface area contributed by atoms with Crippen LogP contribution in [-0.4, -0.2) is 59.1 Å². The van der Waals surface area contributed by atoms with Crippen molar-refractivity contribution in [3.8, 4) is 11.5 Å². The van der Waals surface area contributed by atoms with Crippen molar-refractivity contribution in [3.63, 3.8) is 0 Å². The normalized spacial score (nSPS) is 24.3. The number of benzene rings is 1. The quantitative estimate of drug-likeness (QED) is 0.293. The van der Waals surface area contributed by atoms with E-state index >= 15 is 0 Å². The molecule has 1 N–H and O–H groups in total. The van der Waals surface area contributed by atoms with Gasteiger partial charge in [0.2, 0.25) is 11.8 Å². The van der Waals surface area contributed by atoms with Gasteiger partial charge in [0.25, 0.3) is 0 Å². The van der Waals surface area contributed by atoms with Gasteiger partial charge in [0.1, 0.15) is 11.4 Å². The van der Waals surface area contributed by atoms with Gasteiger partial charge in [0, 0.05) is 10.8 Å². The molecule has 1 aromatic carbocycles. The summed E-state index contributed by atoms with van der Waals surface area (Å²) in [4.78, 5) is 37.3. The number of amides is 2. The minimum absolute atomic E-state index is 0. The van der Waals surface area contributed by atoms with Crippen LogP contribution < -0.4 is 49.5 Å². The van der Waals surface area contributed by atoms with Crippen molar-refractivity contribution in [2.75, 3.05) is 14.2 Å². The number of carbonyl (C=O) groups is 3. The third-order valence-corrected chi connectivity index (χ3v) is 6.37. The number of rotatable bonds is 6. The van der Waals surface area contributed by atoms with Crippen LogP contribution in [-0.2, 0) is 14.4 Å². The molecule has 3 rings (SSSR count). The Morgan fingerprint density at radius 1 is 1.24 bits per heavy atom. The molecule has 0 aliphatic carbocycles. The molecular formula is C19H21N2NaO6S. The summed E-state index contributed by atoms with van der Waals surface area (Å²) < 4.78 is 9.70. The van der Waals surface area contributed by atoms with Gasteiger partial charge in [-0.3, -0.25) is 9.59 Å². The number of carboxylic acid groups (broad SMARTS) is 1. The first-order chi connectivity index (χ1) is 13.2. The van der Waals surface area contributed by atoms with Gasteiger partial charge in [-0.15, -0.1) is 11.8 Å². The average molecular weight is 428 g/mol. The summed E-state index contributed by atoms with van der Waals surface area (Å²) in [5, 5.41) is 13.6. The molecule has 2 aliphatic rings. The Hall–Kier alpha value is -1.68. The van der Waals surface area contributed by atoms with E-state index in [9.17, 15) is 19.5 Å². The number of thioether (sulfide) groups is 1. The molecule has 0 aromatic heterocycles. The predicted molar refractivity (Wildman–Crippen MR) is 102 cm³/mol. The number of methoxy groups -OCH3 is 2. The van der Waals surface area contributed by atoms with E-state index in [2.05, 4.69) is 5.32 Å². The Kier molecular flexibility index (Phi) is 7.32. The molecule has 2 saturated heterocycles. The molecule has 29 heavy (non-hydrogen) atoms. The molecule has 150 valence electrons. The van der Waals surface area contributed by atoms with Crippen molar-refractivity contribution >= 4 is 35.6 Å². The van der Waals surface area contributed by atoms with E-state index in [0.29, 0.717) is 11.5 Å². The van der Waals surface area contributed by atoms with Gasteiger partial charge in [-0.1, -0.05) is 6.07 Å². The van der Waals surface area contributed by atoms with E-state index in [-0.39, 0.29) is 29.6 Å². The maximum Gasteiger partial charge on any atom is 1.00 e. The number of carboxylic acids is 1. The van der Waals surface area contributed by atoms with E-state index in [1.807, 2.05) is 0 Å². The van der Waals surface area contributed by atoms with Crippen molar-refractivity contribution in [1.82, 2.24) is 10.2 Å². The van der Waals surface area contributed by atoms with E-state index in [1.54, 1.807) is 38.1 Å². The first-order valence-corrected chi connectivity index (χ1v) is 9.49. The van der Waals surface area contributed by atoms with Crippen LogP contribution in [0.15, 0.2) is 24.3 Å². The number of nitrogens with one attached hydrogen (secondary N) is 1. The molecule has 0 spiro atoms. The van der Waals surface area contributed by atoms with Crippen molar-refractivity contribution < 1.29 is 58.5 Å². The number of nitrogens with zero attached hydrogens (tertiary/aromatic N) is 1. The number of hydrogen-bond acceptors (Lipinski definition) is 7. The monoisotopic (exact) mass is 428 g/mol. The van der Waals surface area contributed by atoms with Gasteiger partial charge in [-0.25, -0.2) is 0 Å². The smallest absolute Gasteiger partial charge is 0.548 e. The zero-order chi connectivity index (χ0) is 20.6. The number of fused-ring (bicyclic) bond motifs is 1. The van der Waals surface area contributed by atoms with Crippen LogP contribution in [0.5, 0.6) is 11.5 Å². The van der Waals surface area contributed by atoms with Crippen LogP contribution in [0.1, 0.15) is 19.4 Å². The van der Waals surface area contributed by atoms with Crippen LogP contribution in [0.25, 0.3) is 6.08 Å². The molecule has 2 fully saturated rings. The average Bonchev–Trinajstić information content (AvgIpc) is 2.92. The number of hydrogen-bond donors (Lipinski definition) is 1. The van der Waals surface area contributed by atoms with Crippen molar-refractivity contribution in [3.05, 3.63) is 29.8 Å². The number of β-lactam (4-membered cyclic amide) rings is 1. The molecule has 2 aliphatic heterocycles. The van der Waals surface area contributed by atoms with E-state index in [0.717, 1.165) is 5.56 Å². The van der Waals surface area contributed by atoms with Crippen LogP contribution >= 0.6 is 11.8 Å². The maximum absolute atomic E-state index is 12.4. The van der Waals surface area contributed by atoms with Crippen LogP contribution in [0.2, 0.25) is 0 Å². The summed E-state index contributed by atoms with van der Waals surface area (Å²) in [6, 6.07) is 3.45. The molecule has 0 bridgehead atoms. The molecule has 2 amide bonds. The third kappa shape index (κ3) is 4.42. The Morgan fingerprint density at radius 2 is 1.90 bits per heavy atom. The van der Waals surface area contributed by atoms with E-state index < -0.39 is 40.0 Å². The molecule has 8 nitrogen and oxygen atoms in total. The summed E-state index contributed by atoms with van der Waals surface area (Å²) >= 11 is 1.35. The fraction of sp³-hybridized carbons (Fsp3) is 0.421. The summed E-state index contributed by atoms with van der Waals surface area (Å²) in [5.74, 6) is -1.03. The predicted octanol–water partition coefficient (Wildman–Crippen LogP) is -2.98. The first kappa shape index (κ1) is 23.6. The standard InChI is InChI=1S/C19H22N2O6S.Na/c1-19(2)15(18(24)25)21-16(23)14(17(21)28-19)20-13(22)8-6-10-5-7-11(26-3)12(9-10)27-4;/h5-9,14-15,17H,1-4H3,(H,20,22)(H,24,25);/q;+1/p-1/b8-6+;/t14-,15+,17-;/m1./s1. The second kappa shape index (κ2) is 8.99. The summed E-state index contributed by atoms with van der Waals surface area (Å²) in [6.45, 7) is 3.50. The molecule has 2 heterocycles. The molecular weight excluding hydrogens is 407 g/mol. The Labute approximate surface area is 195 Å². The second-order valence-electron chi connectivity index (χ2n) is 7.01. The largest absolute Gasteiger partial charge is 1.00 e. The van der Waals surface area contributed by atoms with Gasteiger partial charge in [0.15, 0.2) is 11.5 Å². The van der Waals surface area contributed by atoms with Crippen LogP contribution in [0.3, 0.4) is 0 Å². The summed E-state index contributed by atoms with van der Waals surface area (Å²) in [6.07, 6.45) is 2.91. The van der Waals surface area contributed by atoms with E-state index in [1.165, 1.54) is 37.0 Å². The number of aliphatic carboxylic acids is 1. The van der Waals surface area contributed by atoms with E-state index in [4.69, 9.17) is 9.47 Å². The van der Waals surface area contributed by atoms with Gasteiger partial charge in [-0.05, 0) is 37.6 Å². The van der Waals surface area contributed by atoms with Gasteiger partial charge in [-0.2, -0.15) is 0 Å². The zero-order valence-electron chi connectivity index (χ0n) is 16.9. The molecule has 0 saturated carbocycles. The summed E-state index contributed by atoms with van der Waals surface area (Å²) in [7, 11) is 3.06. The maximum atomic E-state index is 12.4. The van der Waals surface area contributed by atoms with Crippen molar-refractivity contribution in [2.24, 2.45) is 0 Å². The second-order valence-corrected chi connectivity index (χ2v) is 8.78. The molecule has 0 radical (unpaired) electrons. The Balaban J connectivity index is 0.00000300. The first-order valence-electron chi connectivity index (χ1n) is 8.61. The fourth-order valence-electron chi connectivity index (χ4n) is 3.46. The SMILES string of the molecule is COc1ccc(/C=C/C(=O)N[C@@H]2C(=O)N3[C@@H]2SC(C)(C)[C@@H]3C(=O)[O-])cc1OC.[Na+]. The van der Waals surface area contributed by atoms with Crippen LogP contribution in [0, 0.1) is 0 Å². The van der Waals surface area contributed by atoms with Crippen molar-refractivity contribution in [1.29, 1.82) is 0 Å². The van der Waals surface area contributed by atoms with Crippen molar-refractivity contribution in [2.45, 2.75) is 36.1 Å². The zero-order valence-corrected chi connectivity index (χ0v) is 19.7. The molecule has 10 heteroatoms. The number of ether oxygens (including phenoxy) is 2. The minimum atomic E-state index is -1.29. The van der Waals surface area contributed by atoms with Gasteiger partial charge in [0.05, 0.1) is 26.2 Å². The topological polar surface area (TPSA) is 108 Å².